The van der Waals surface area contributed by atoms with Gasteiger partial charge in [-0.2, -0.15) is 0 Å². The maximum atomic E-state index is 13.9. The Balaban J connectivity index is 0.861. The van der Waals surface area contributed by atoms with Gasteiger partial charge in [-0.3, -0.25) is 4.90 Å². The Morgan fingerprint density at radius 1 is 0.808 bits per heavy atom. The lowest BCUT2D eigenvalue weighted by Crippen LogP contribution is -2.77. The van der Waals surface area contributed by atoms with Crippen molar-refractivity contribution in [3.63, 3.8) is 0 Å². The zero-order valence-electron chi connectivity index (χ0n) is 29.6. The minimum absolute atomic E-state index is 0.0473. The predicted molar refractivity (Wildman–Crippen MR) is 186 cm³/mol. The molecule has 7 aliphatic carbocycles. The second kappa shape index (κ2) is 10.2. The zero-order valence-corrected chi connectivity index (χ0v) is 29.6. The molecule has 2 aromatic carbocycles. The Bertz CT molecular complexity index is 1910. The summed E-state index contributed by atoms with van der Waals surface area (Å²) in [7, 11) is 0. The number of aliphatic hydroxyl groups excluding tert-OH is 1. The number of rotatable bonds is 6. The van der Waals surface area contributed by atoms with Crippen LogP contribution < -0.4 is 14.2 Å². The smallest absolute Gasteiger partial charge is 0.504 e. The summed E-state index contributed by atoms with van der Waals surface area (Å²) in [5, 5.41) is 47.9. The normalized spacial score (nSPS) is 44.2. The van der Waals surface area contributed by atoms with Crippen LogP contribution in [0.15, 0.2) is 24.3 Å². The van der Waals surface area contributed by atoms with Crippen LogP contribution in [0, 0.1) is 23.7 Å². The number of aliphatic hydroxyl groups is 3. The van der Waals surface area contributed by atoms with Gasteiger partial charge >= 0.3 is 6.16 Å². The van der Waals surface area contributed by atoms with E-state index in [0.29, 0.717) is 61.9 Å². The minimum atomic E-state index is -1.08. The Morgan fingerprint density at radius 2 is 1.54 bits per heavy atom. The summed E-state index contributed by atoms with van der Waals surface area (Å²) in [5.41, 5.74) is 0.418. The molecule has 0 aromatic heterocycles. The quantitative estimate of drug-likeness (QED) is 0.244. The number of phenolic OH excluding ortho intramolecular Hbond substituents is 1. The van der Waals surface area contributed by atoms with E-state index in [-0.39, 0.29) is 23.5 Å². The Kier molecular flexibility index (Phi) is 6.12. The first-order valence-corrected chi connectivity index (χ1v) is 20.2. The van der Waals surface area contributed by atoms with E-state index < -0.39 is 52.6 Å². The van der Waals surface area contributed by atoms with Gasteiger partial charge in [0.05, 0.1) is 28.1 Å². The molecule has 2 aromatic rings. The second-order valence-electron chi connectivity index (χ2n) is 18.6. The summed E-state index contributed by atoms with van der Waals surface area (Å²) in [4.78, 5) is 16.4. The van der Waals surface area contributed by atoms with Crippen LogP contribution in [0.2, 0.25) is 0 Å². The molecular weight excluding hydrogens is 662 g/mol. The molecule has 12 rings (SSSR count). The van der Waals surface area contributed by atoms with Crippen molar-refractivity contribution in [1.82, 2.24) is 4.90 Å². The number of aromatic hydroxyl groups is 1. The summed E-state index contributed by atoms with van der Waals surface area (Å²) in [6, 6.07) is 7.41. The van der Waals surface area contributed by atoms with Crippen molar-refractivity contribution in [2.24, 2.45) is 23.7 Å². The highest BCUT2D eigenvalue weighted by molar-refractivity contribution is 5.70. The molecule has 2 spiro atoms. The van der Waals surface area contributed by atoms with Crippen molar-refractivity contribution < 1.29 is 44.2 Å². The molecule has 6 fully saturated rings. The largest absolute Gasteiger partial charge is 0.514 e. The standard InChI is InChI=1S/C42H49NO9/c44-27-7-5-25-19-31-42(48)14-11-30(37-40(42,32(25)34(27)51-37)15-16-43(31)20-22-3-4-22)50-38(46)49-29-8-6-24-18-26-23(17-21-1-2-21)9-12-39-33(24)35(29)52-36(39)28(45)10-13-41(26,39)47/h5-8,21-23,26,28,30-31,36-37,44-45,47-48H,1-4,9-20H2/t23?,26-,28-,30-,31?,36-,37-,39?,40-,41+,42+/m0/s1. The van der Waals surface area contributed by atoms with E-state index in [1.54, 1.807) is 12.1 Å². The molecular formula is C42H49NO9. The zero-order chi connectivity index (χ0) is 34.9. The lowest BCUT2D eigenvalue weighted by molar-refractivity contribution is -0.209. The average molecular weight is 712 g/mol. The molecule has 4 N–H and O–H groups in total. The maximum Gasteiger partial charge on any atom is 0.514 e. The van der Waals surface area contributed by atoms with E-state index in [4.69, 9.17) is 18.9 Å². The summed E-state index contributed by atoms with van der Waals surface area (Å²) in [6.45, 7) is 1.80. The number of carbonyl (C=O) groups excluding carboxylic acids is 1. The van der Waals surface area contributed by atoms with Crippen molar-refractivity contribution in [3.8, 4) is 23.0 Å². The molecule has 3 aliphatic heterocycles. The van der Waals surface area contributed by atoms with E-state index in [1.807, 2.05) is 12.1 Å². The third-order valence-electron chi connectivity index (χ3n) is 16.3. The van der Waals surface area contributed by atoms with E-state index >= 15 is 0 Å². The minimum Gasteiger partial charge on any atom is -0.504 e. The van der Waals surface area contributed by atoms with Gasteiger partial charge in [0, 0.05) is 23.7 Å². The first kappa shape index (κ1) is 31.3. The molecule has 3 heterocycles. The number of hydrogen-bond acceptors (Lipinski definition) is 10. The van der Waals surface area contributed by atoms with Gasteiger partial charge in [0.1, 0.15) is 18.3 Å². The van der Waals surface area contributed by atoms with Crippen LogP contribution in [-0.4, -0.2) is 86.2 Å². The number of likely N-dealkylation sites (tertiary alicyclic amines) is 1. The lowest BCUT2D eigenvalue weighted by atomic mass is 9.43. The molecule has 4 bridgehead atoms. The van der Waals surface area contributed by atoms with Gasteiger partial charge < -0.3 is 39.4 Å². The summed E-state index contributed by atoms with van der Waals surface area (Å²) >= 11 is 0. The Morgan fingerprint density at radius 3 is 2.37 bits per heavy atom. The summed E-state index contributed by atoms with van der Waals surface area (Å²) < 4.78 is 25.5. The topological polar surface area (TPSA) is 138 Å². The Labute approximate surface area is 303 Å². The number of nitrogens with zero attached hydrogens (tertiary/aromatic N) is 1. The highest BCUT2D eigenvalue weighted by atomic mass is 16.7. The fourth-order valence-electron chi connectivity index (χ4n) is 13.9. The van der Waals surface area contributed by atoms with E-state index in [2.05, 4.69) is 4.90 Å². The molecule has 52 heavy (non-hydrogen) atoms. The third kappa shape index (κ3) is 3.73. The van der Waals surface area contributed by atoms with Gasteiger partial charge in [-0.1, -0.05) is 25.0 Å². The van der Waals surface area contributed by atoms with Crippen LogP contribution in [0.5, 0.6) is 23.0 Å². The molecule has 276 valence electrons. The Hall–Kier alpha value is -3.05. The predicted octanol–water partition coefficient (Wildman–Crippen LogP) is 4.81. The number of phenols is 1. The maximum absolute atomic E-state index is 13.9. The number of benzene rings is 2. The average Bonchev–Trinajstić information content (AvgIpc) is 4.05. The molecule has 3 unspecified atom stereocenters. The molecule has 0 radical (unpaired) electrons. The van der Waals surface area contributed by atoms with Crippen LogP contribution in [-0.2, 0) is 28.4 Å². The van der Waals surface area contributed by atoms with E-state index in [1.165, 1.54) is 32.1 Å². The first-order valence-electron chi connectivity index (χ1n) is 20.2. The third-order valence-corrected chi connectivity index (χ3v) is 16.3. The SMILES string of the molecule is O=C(Oc1ccc2c3c1O[C@H]1[C@@H](O)CC[C@@]4(O)[C@@H](C2)C(CC2CC2)CCC314)O[C@H]1CC[C@@]2(O)C3Cc4ccc(O)c5c4[C@@]2(CCN3CC2CC2)[C@H]1O5. The van der Waals surface area contributed by atoms with Crippen molar-refractivity contribution >= 4 is 6.16 Å². The molecule has 10 heteroatoms. The molecule has 1 saturated heterocycles. The van der Waals surface area contributed by atoms with Crippen molar-refractivity contribution in [2.45, 2.75) is 142 Å². The van der Waals surface area contributed by atoms with Gasteiger partial charge in [-0.05, 0) is 131 Å². The van der Waals surface area contributed by atoms with Gasteiger partial charge in [-0.25, -0.2) is 4.79 Å². The number of carbonyl (C=O) groups is 1. The number of ether oxygens (including phenoxy) is 4. The summed E-state index contributed by atoms with van der Waals surface area (Å²) in [5.74, 6) is 3.20. The second-order valence-corrected chi connectivity index (χ2v) is 18.6. The molecule has 0 amide bonds. The fraction of sp³-hybridized carbons (Fsp3) is 0.690. The monoisotopic (exact) mass is 711 g/mol. The molecule has 5 saturated carbocycles. The van der Waals surface area contributed by atoms with E-state index in [0.717, 1.165) is 60.5 Å². The highest BCUT2D eigenvalue weighted by Gasteiger charge is 2.75. The number of hydrogen-bond donors (Lipinski definition) is 4. The molecule has 10 nitrogen and oxygen atoms in total. The first-order chi connectivity index (χ1) is 25.1. The van der Waals surface area contributed by atoms with Crippen molar-refractivity contribution in [2.75, 3.05) is 13.1 Å². The molecule has 11 atom stereocenters. The van der Waals surface area contributed by atoms with Crippen LogP contribution in [0.4, 0.5) is 4.79 Å². The van der Waals surface area contributed by atoms with Crippen LogP contribution >= 0.6 is 0 Å². The van der Waals surface area contributed by atoms with Crippen molar-refractivity contribution in [3.05, 3.63) is 46.5 Å². The van der Waals surface area contributed by atoms with Gasteiger partial charge in [0.15, 0.2) is 23.0 Å². The number of piperidine rings is 1. The fourth-order valence-corrected chi connectivity index (χ4v) is 13.9. The van der Waals surface area contributed by atoms with Crippen LogP contribution in [0.25, 0.3) is 0 Å². The van der Waals surface area contributed by atoms with Gasteiger partial charge in [0.25, 0.3) is 0 Å². The van der Waals surface area contributed by atoms with Crippen LogP contribution in [0.3, 0.4) is 0 Å². The van der Waals surface area contributed by atoms with Crippen LogP contribution in [0.1, 0.15) is 99.3 Å². The molecule has 10 aliphatic rings. The van der Waals surface area contributed by atoms with Gasteiger partial charge in [0.2, 0.25) is 0 Å². The summed E-state index contributed by atoms with van der Waals surface area (Å²) in [6.07, 6.45) is 8.38. The lowest BCUT2D eigenvalue weighted by Gasteiger charge is -2.63. The van der Waals surface area contributed by atoms with Crippen molar-refractivity contribution in [1.29, 1.82) is 0 Å². The van der Waals surface area contributed by atoms with Gasteiger partial charge in [-0.15, -0.1) is 0 Å². The van der Waals surface area contributed by atoms with E-state index in [9.17, 15) is 25.2 Å². The highest BCUT2D eigenvalue weighted by Crippen LogP contribution is 2.70.